The van der Waals surface area contributed by atoms with Crippen molar-refractivity contribution in [3.63, 3.8) is 0 Å². The van der Waals surface area contributed by atoms with Gasteiger partial charge in [0.1, 0.15) is 0 Å². The molecule has 0 bridgehead atoms. The summed E-state index contributed by atoms with van der Waals surface area (Å²) in [4.78, 5) is 31.3. The zero-order valence-corrected chi connectivity index (χ0v) is 9.19. The number of methoxy groups -OCH3 is 1. The summed E-state index contributed by atoms with van der Waals surface area (Å²) < 4.78 is 14.1. The van der Waals surface area contributed by atoms with E-state index in [1.54, 1.807) is 0 Å². The predicted molar refractivity (Wildman–Crippen MR) is 52.6 cm³/mol. The molecule has 0 fully saturated rings. The quantitative estimate of drug-likeness (QED) is 0.613. The van der Waals surface area contributed by atoms with E-state index in [0.717, 1.165) is 0 Å². The van der Waals surface area contributed by atoms with Crippen LogP contribution in [0.1, 0.15) is 0 Å². The number of hydrogen-bond acceptors (Lipinski definition) is 8. The zero-order chi connectivity index (χ0) is 13.5. The van der Waals surface area contributed by atoms with E-state index in [1.807, 2.05) is 0 Å². The van der Waals surface area contributed by atoms with E-state index < -0.39 is 25.2 Å². The smallest absolute Gasteiger partial charge is 0.341 e. The standard InChI is InChI=1S/C8H9N3O7/c1-16-6-9-7(17-2-4(12)13)11-8(10-6)18-3-5(14)15/h2-3H2,1H3,(H,12,13)(H,14,15). The highest BCUT2D eigenvalue weighted by Gasteiger charge is 2.11. The molecule has 10 nitrogen and oxygen atoms in total. The van der Waals surface area contributed by atoms with Gasteiger partial charge in [-0.15, -0.1) is 15.0 Å². The first-order chi connectivity index (χ1) is 8.51. The van der Waals surface area contributed by atoms with Crippen LogP contribution in [0.5, 0.6) is 18.0 Å². The Morgan fingerprint density at radius 1 is 0.944 bits per heavy atom. The van der Waals surface area contributed by atoms with Crippen LogP contribution in [0.15, 0.2) is 0 Å². The minimum atomic E-state index is -1.22. The van der Waals surface area contributed by atoms with Crippen molar-refractivity contribution in [2.24, 2.45) is 0 Å². The summed E-state index contributed by atoms with van der Waals surface area (Å²) in [5.74, 6) is -2.44. The summed E-state index contributed by atoms with van der Waals surface area (Å²) in [5, 5.41) is 16.8. The van der Waals surface area contributed by atoms with Crippen LogP contribution in [-0.2, 0) is 9.59 Å². The third-order valence-electron chi connectivity index (χ3n) is 1.41. The molecule has 0 aliphatic heterocycles. The lowest BCUT2D eigenvalue weighted by molar-refractivity contribution is -0.140. The number of aliphatic carboxylic acids is 2. The maximum atomic E-state index is 10.3. The number of nitrogens with zero attached hydrogens (tertiary/aromatic N) is 3. The topological polar surface area (TPSA) is 141 Å². The summed E-state index contributed by atoms with van der Waals surface area (Å²) in [6, 6.07) is -0.875. The van der Waals surface area contributed by atoms with E-state index in [2.05, 4.69) is 24.4 Å². The lowest BCUT2D eigenvalue weighted by Gasteiger charge is -2.05. The summed E-state index contributed by atoms with van der Waals surface area (Å²) in [7, 11) is 1.26. The fraction of sp³-hybridized carbons (Fsp3) is 0.375. The first-order valence-corrected chi connectivity index (χ1v) is 4.50. The average molecular weight is 259 g/mol. The molecule has 0 aromatic carbocycles. The molecule has 0 radical (unpaired) electrons. The van der Waals surface area contributed by atoms with Crippen molar-refractivity contribution in [3.8, 4) is 18.0 Å². The second kappa shape index (κ2) is 6.18. The van der Waals surface area contributed by atoms with E-state index in [9.17, 15) is 9.59 Å². The highest BCUT2D eigenvalue weighted by molar-refractivity contribution is 5.68. The molecule has 0 saturated heterocycles. The van der Waals surface area contributed by atoms with Gasteiger partial charge >= 0.3 is 30.0 Å². The molecule has 1 rings (SSSR count). The Morgan fingerprint density at radius 3 is 1.67 bits per heavy atom. The van der Waals surface area contributed by atoms with Crippen molar-refractivity contribution in [2.75, 3.05) is 20.3 Å². The first-order valence-electron chi connectivity index (χ1n) is 4.50. The SMILES string of the molecule is COc1nc(OCC(=O)O)nc(OCC(=O)O)n1. The third kappa shape index (κ3) is 4.47. The second-order valence-electron chi connectivity index (χ2n) is 2.75. The van der Waals surface area contributed by atoms with Gasteiger partial charge in [0.25, 0.3) is 0 Å². The molecule has 0 aliphatic carbocycles. The largest absolute Gasteiger partial charge is 0.479 e. The van der Waals surface area contributed by atoms with Gasteiger partial charge in [-0.05, 0) is 0 Å². The maximum absolute atomic E-state index is 10.3. The minimum Gasteiger partial charge on any atom is -0.479 e. The normalized spacial score (nSPS) is 9.61. The summed E-state index contributed by atoms with van der Waals surface area (Å²) in [5.41, 5.74) is 0. The molecule has 1 heterocycles. The molecule has 0 spiro atoms. The first kappa shape index (κ1) is 13.4. The maximum Gasteiger partial charge on any atom is 0.341 e. The lowest BCUT2D eigenvalue weighted by Crippen LogP contribution is -2.14. The molecule has 0 amide bonds. The Hall–Kier alpha value is -2.65. The van der Waals surface area contributed by atoms with Crippen molar-refractivity contribution in [1.29, 1.82) is 0 Å². The van der Waals surface area contributed by atoms with Crippen LogP contribution in [0, 0.1) is 0 Å². The molecular weight excluding hydrogens is 250 g/mol. The fourth-order valence-electron chi connectivity index (χ4n) is 0.793. The molecule has 1 aromatic heterocycles. The van der Waals surface area contributed by atoms with Crippen LogP contribution < -0.4 is 14.2 Å². The van der Waals surface area contributed by atoms with Gasteiger partial charge in [-0.1, -0.05) is 0 Å². The Morgan fingerprint density at radius 2 is 1.33 bits per heavy atom. The van der Waals surface area contributed by atoms with Crippen LogP contribution in [0.2, 0.25) is 0 Å². The van der Waals surface area contributed by atoms with Gasteiger partial charge in [0.15, 0.2) is 13.2 Å². The number of rotatable bonds is 7. The van der Waals surface area contributed by atoms with E-state index in [0.29, 0.717) is 0 Å². The number of carbonyl (C=O) groups is 2. The van der Waals surface area contributed by atoms with E-state index in [1.165, 1.54) is 7.11 Å². The zero-order valence-electron chi connectivity index (χ0n) is 9.19. The molecular formula is C8H9N3O7. The van der Waals surface area contributed by atoms with Gasteiger partial charge in [-0.3, -0.25) is 0 Å². The molecule has 18 heavy (non-hydrogen) atoms. The van der Waals surface area contributed by atoms with Gasteiger partial charge < -0.3 is 24.4 Å². The molecule has 98 valence electrons. The summed E-state index contributed by atoms with van der Waals surface area (Å²) >= 11 is 0. The molecule has 0 aliphatic rings. The van der Waals surface area contributed by atoms with Crippen molar-refractivity contribution in [1.82, 2.24) is 15.0 Å². The van der Waals surface area contributed by atoms with Gasteiger partial charge in [0, 0.05) is 0 Å². The van der Waals surface area contributed by atoms with Crippen LogP contribution in [0.25, 0.3) is 0 Å². The lowest BCUT2D eigenvalue weighted by atomic mass is 10.7. The van der Waals surface area contributed by atoms with Crippen molar-refractivity contribution < 1.29 is 34.0 Å². The Bertz CT molecular complexity index is 414. The van der Waals surface area contributed by atoms with Crippen molar-refractivity contribution in [3.05, 3.63) is 0 Å². The molecule has 1 aromatic rings. The van der Waals surface area contributed by atoms with Gasteiger partial charge in [0.2, 0.25) is 0 Å². The summed E-state index contributed by atoms with van der Waals surface area (Å²) in [6.07, 6.45) is 0. The number of carboxylic acid groups (broad SMARTS) is 2. The second-order valence-corrected chi connectivity index (χ2v) is 2.75. The molecule has 0 saturated carbocycles. The molecule has 2 N–H and O–H groups in total. The Kier molecular flexibility index (Phi) is 4.60. The van der Waals surface area contributed by atoms with Crippen LogP contribution in [-0.4, -0.2) is 57.4 Å². The van der Waals surface area contributed by atoms with Crippen LogP contribution >= 0.6 is 0 Å². The number of ether oxygens (including phenoxy) is 3. The van der Waals surface area contributed by atoms with E-state index in [4.69, 9.17) is 14.9 Å². The van der Waals surface area contributed by atoms with Gasteiger partial charge in [-0.25, -0.2) is 9.59 Å². The number of carboxylic acids is 2. The predicted octanol–water partition coefficient (Wildman–Crippen LogP) is -1.19. The average Bonchev–Trinajstić information content (AvgIpc) is 2.33. The third-order valence-corrected chi connectivity index (χ3v) is 1.41. The monoisotopic (exact) mass is 259 g/mol. The van der Waals surface area contributed by atoms with Crippen molar-refractivity contribution in [2.45, 2.75) is 0 Å². The van der Waals surface area contributed by atoms with Crippen LogP contribution in [0.4, 0.5) is 0 Å². The molecule has 10 heteroatoms. The summed E-state index contributed by atoms with van der Waals surface area (Å²) in [6.45, 7) is -1.32. The van der Waals surface area contributed by atoms with Gasteiger partial charge in [-0.2, -0.15) is 0 Å². The fourth-order valence-corrected chi connectivity index (χ4v) is 0.793. The minimum absolute atomic E-state index is 0.189. The van der Waals surface area contributed by atoms with Crippen LogP contribution in [0.3, 0.4) is 0 Å². The Labute approximate surface area is 100 Å². The number of hydrogen-bond donors (Lipinski definition) is 2. The molecule has 0 atom stereocenters. The van der Waals surface area contributed by atoms with E-state index >= 15 is 0 Å². The van der Waals surface area contributed by atoms with Crippen molar-refractivity contribution >= 4 is 11.9 Å². The molecule has 0 unspecified atom stereocenters. The van der Waals surface area contributed by atoms with E-state index in [-0.39, 0.29) is 18.0 Å². The number of aromatic nitrogens is 3. The van der Waals surface area contributed by atoms with Gasteiger partial charge in [0.05, 0.1) is 7.11 Å². The Balaban J connectivity index is 2.80. The highest BCUT2D eigenvalue weighted by atomic mass is 16.5. The highest BCUT2D eigenvalue weighted by Crippen LogP contribution is 2.13.